The van der Waals surface area contributed by atoms with E-state index in [1.54, 1.807) is 14.7 Å². The lowest BCUT2D eigenvalue weighted by atomic mass is 10.1. The Balaban J connectivity index is 1.45. The third-order valence-electron chi connectivity index (χ3n) is 5.83. The van der Waals surface area contributed by atoms with E-state index in [1.165, 1.54) is 32.7 Å². The van der Waals surface area contributed by atoms with Gasteiger partial charge in [-0.2, -0.15) is 0 Å². The van der Waals surface area contributed by atoms with Gasteiger partial charge in [0.15, 0.2) is 6.10 Å². The number of hydrogen-bond donors (Lipinski definition) is 3. The number of piperazine rings is 1. The average molecular weight is 391 g/mol. The number of nitrogens with zero attached hydrogens (tertiary/aromatic N) is 1. The fourth-order valence-electron chi connectivity index (χ4n) is 4.02. The van der Waals surface area contributed by atoms with Gasteiger partial charge in [0.2, 0.25) is 5.91 Å². The number of benzene rings is 1. The van der Waals surface area contributed by atoms with Crippen molar-refractivity contribution in [1.82, 2.24) is 5.32 Å². The molecule has 3 rings (SSSR count). The summed E-state index contributed by atoms with van der Waals surface area (Å²) in [6.45, 7) is 12.1. The smallest absolute Gasteiger partial charge is 0.268 e. The molecular formula is C21H34N4O3+2. The predicted molar refractivity (Wildman–Crippen MR) is 108 cm³/mol. The summed E-state index contributed by atoms with van der Waals surface area (Å²) in [5.41, 5.74) is 0.674. The van der Waals surface area contributed by atoms with Crippen molar-refractivity contribution in [2.45, 2.75) is 32.8 Å². The Kier molecular flexibility index (Phi) is 7.28. The number of quaternary nitrogens is 2. The molecule has 1 aromatic rings. The van der Waals surface area contributed by atoms with Gasteiger partial charge in [-0.05, 0) is 25.5 Å². The topological polar surface area (TPSA) is 67.5 Å². The molecule has 2 aliphatic rings. The summed E-state index contributed by atoms with van der Waals surface area (Å²) in [7, 11) is 0. The number of carbonyl (C=O) groups is 2. The van der Waals surface area contributed by atoms with E-state index in [9.17, 15) is 9.59 Å². The monoisotopic (exact) mass is 390 g/mol. The maximum absolute atomic E-state index is 12.7. The van der Waals surface area contributed by atoms with Gasteiger partial charge in [0.1, 0.15) is 38.5 Å². The molecule has 0 aliphatic carbocycles. The largest absolute Gasteiger partial charge is 0.478 e. The Morgan fingerprint density at radius 1 is 1.18 bits per heavy atom. The first-order valence-electron chi connectivity index (χ1n) is 10.6. The van der Waals surface area contributed by atoms with Crippen LogP contribution in [0.4, 0.5) is 5.69 Å². The second-order valence-electron chi connectivity index (χ2n) is 7.71. The molecule has 2 heterocycles. The number of amides is 2. The summed E-state index contributed by atoms with van der Waals surface area (Å²) in [6, 6.07) is 7.41. The zero-order valence-corrected chi connectivity index (χ0v) is 17.1. The highest BCUT2D eigenvalue weighted by Crippen LogP contribution is 2.34. The SMILES string of the molecule is CCC1Oc2ccccc2N(CC(=O)NCCC[NH+]2CC[NH+](CC)CC2)C1=O. The summed E-state index contributed by atoms with van der Waals surface area (Å²) in [4.78, 5) is 30.0. The standard InChI is InChI=1S/C21H32N4O3/c1-3-18-21(27)25(17-8-5-6-9-19(17)28-18)16-20(26)22-10-7-11-24-14-12-23(4-2)13-15-24/h5-6,8-9,18H,3-4,7,10-16H2,1-2H3,(H,22,26)/p+2. The van der Waals surface area contributed by atoms with Gasteiger partial charge in [-0.15, -0.1) is 0 Å². The highest BCUT2D eigenvalue weighted by Gasteiger charge is 2.34. The highest BCUT2D eigenvalue weighted by atomic mass is 16.5. The summed E-state index contributed by atoms with van der Waals surface area (Å²) in [5.74, 6) is 0.408. The van der Waals surface area contributed by atoms with E-state index in [0.717, 1.165) is 13.0 Å². The summed E-state index contributed by atoms with van der Waals surface area (Å²) in [6.07, 6.45) is 1.03. The van der Waals surface area contributed by atoms with Crippen LogP contribution in [0.1, 0.15) is 26.7 Å². The van der Waals surface area contributed by atoms with Crippen LogP contribution in [0.15, 0.2) is 24.3 Å². The predicted octanol–water partition coefficient (Wildman–Crippen LogP) is -1.50. The Labute approximate surface area is 167 Å². The fourth-order valence-corrected chi connectivity index (χ4v) is 4.02. The molecule has 7 heteroatoms. The number of ether oxygens (including phenoxy) is 1. The lowest BCUT2D eigenvalue weighted by molar-refractivity contribution is -1.01. The third-order valence-corrected chi connectivity index (χ3v) is 5.83. The molecule has 154 valence electrons. The van der Waals surface area contributed by atoms with E-state index < -0.39 is 6.10 Å². The maximum atomic E-state index is 12.7. The van der Waals surface area contributed by atoms with E-state index in [-0.39, 0.29) is 18.4 Å². The minimum Gasteiger partial charge on any atom is -0.478 e. The highest BCUT2D eigenvalue weighted by molar-refractivity contribution is 6.03. The van der Waals surface area contributed by atoms with Gasteiger partial charge < -0.3 is 19.9 Å². The molecule has 0 bridgehead atoms. The molecule has 0 spiro atoms. The number of anilines is 1. The van der Waals surface area contributed by atoms with Crippen LogP contribution in [-0.4, -0.2) is 70.3 Å². The first-order chi connectivity index (χ1) is 13.6. The van der Waals surface area contributed by atoms with Crippen LogP contribution in [0.3, 0.4) is 0 Å². The lowest BCUT2D eigenvalue weighted by Gasteiger charge is -2.33. The van der Waals surface area contributed by atoms with Crippen molar-refractivity contribution in [2.75, 3.05) is 57.3 Å². The molecule has 28 heavy (non-hydrogen) atoms. The maximum Gasteiger partial charge on any atom is 0.268 e. The van der Waals surface area contributed by atoms with Crippen molar-refractivity contribution in [3.63, 3.8) is 0 Å². The lowest BCUT2D eigenvalue weighted by Crippen LogP contribution is -3.28. The van der Waals surface area contributed by atoms with Crippen LogP contribution in [0.2, 0.25) is 0 Å². The van der Waals surface area contributed by atoms with Crippen molar-refractivity contribution in [3.8, 4) is 5.75 Å². The number of nitrogens with one attached hydrogen (secondary N) is 3. The molecule has 2 amide bonds. The van der Waals surface area contributed by atoms with Gasteiger partial charge in [-0.3, -0.25) is 14.5 Å². The molecule has 2 aliphatic heterocycles. The Bertz CT molecular complexity index is 673. The van der Waals surface area contributed by atoms with Crippen molar-refractivity contribution in [1.29, 1.82) is 0 Å². The van der Waals surface area contributed by atoms with Crippen LogP contribution in [0.25, 0.3) is 0 Å². The van der Waals surface area contributed by atoms with E-state index in [0.29, 0.717) is 24.4 Å². The number of hydrogen-bond acceptors (Lipinski definition) is 3. The molecule has 0 aromatic heterocycles. The Morgan fingerprint density at radius 2 is 1.89 bits per heavy atom. The fraction of sp³-hybridized carbons (Fsp3) is 0.619. The second kappa shape index (κ2) is 9.89. The average Bonchev–Trinajstić information content (AvgIpc) is 2.73. The Hall–Kier alpha value is -2.12. The van der Waals surface area contributed by atoms with Crippen molar-refractivity contribution in [2.24, 2.45) is 0 Å². The molecule has 0 saturated carbocycles. The van der Waals surface area contributed by atoms with Gasteiger partial charge in [-0.1, -0.05) is 19.1 Å². The van der Waals surface area contributed by atoms with Crippen molar-refractivity contribution >= 4 is 17.5 Å². The van der Waals surface area contributed by atoms with Crippen LogP contribution in [0, 0.1) is 0 Å². The number of carbonyl (C=O) groups excluding carboxylic acids is 2. The van der Waals surface area contributed by atoms with Crippen molar-refractivity contribution in [3.05, 3.63) is 24.3 Å². The van der Waals surface area contributed by atoms with Gasteiger partial charge in [0.05, 0.1) is 18.8 Å². The van der Waals surface area contributed by atoms with Crippen LogP contribution >= 0.6 is 0 Å². The van der Waals surface area contributed by atoms with Gasteiger partial charge in [-0.25, -0.2) is 0 Å². The second-order valence-corrected chi connectivity index (χ2v) is 7.71. The van der Waals surface area contributed by atoms with E-state index in [4.69, 9.17) is 4.74 Å². The molecule has 1 fully saturated rings. The van der Waals surface area contributed by atoms with Gasteiger partial charge in [0.25, 0.3) is 5.91 Å². The summed E-state index contributed by atoms with van der Waals surface area (Å²) < 4.78 is 5.76. The molecule has 1 aromatic carbocycles. The van der Waals surface area contributed by atoms with Crippen molar-refractivity contribution < 1.29 is 24.1 Å². The third kappa shape index (κ3) is 5.02. The molecule has 1 saturated heterocycles. The first-order valence-corrected chi connectivity index (χ1v) is 10.6. The number of likely N-dealkylation sites (N-methyl/N-ethyl adjacent to an activating group) is 1. The zero-order valence-electron chi connectivity index (χ0n) is 17.1. The Morgan fingerprint density at radius 3 is 2.61 bits per heavy atom. The van der Waals surface area contributed by atoms with Crippen LogP contribution in [-0.2, 0) is 9.59 Å². The number of para-hydroxylation sites is 2. The van der Waals surface area contributed by atoms with Crippen LogP contribution < -0.4 is 24.8 Å². The normalized spacial score (nSPS) is 24.4. The molecule has 0 radical (unpaired) electrons. The molecule has 1 unspecified atom stereocenters. The minimum absolute atomic E-state index is 0.0428. The van der Waals surface area contributed by atoms with Gasteiger partial charge >= 0.3 is 0 Å². The van der Waals surface area contributed by atoms with E-state index >= 15 is 0 Å². The summed E-state index contributed by atoms with van der Waals surface area (Å²) >= 11 is 0. The quantitative estimate of drug-likeness (QED) is 0.474. The van der Waals surface area contributed by atoms with E-state index in [1.807, 2.05) is 31.2 Å². The minimum atomic E-state index is -0.518. The molecule has 1 atom stereocenters. The number of fused-ring (bicyclic) bond motifs is 1. The molecule has 7 nitrogen and oxygen atoms in total. The summed E-state index contributed by atoms with van der Waals surface area (Å²) in [5, 5.41) is 2.98. The first kappa shape index (κ1) is 20.6. The number of rotatable bonds is 8. The molecular weight excluding hydrogens is 356 g/mol. The van der Waals surface area contributed by atoms with E-state index in [2.05, 4.69) is 12.2 Å². The van der Waals surface area contributed by atoms with Crippen LogP contribution in [0.5, 0.6) is 5.75 Å². The van der Waals surface area contributed by atoms with Gasteiger partial charge in [0, 0.05) is 13.0 Å². The molecule has 3 N–H and O–H groups in total. The zero-order chi connectivity index (χ0) is 19.9.